The fraction of sp³-hybridized carbons (Fsp3) is 0.571. The number of hydrogen-bond acceptors (Lipinski definition) is 1. The Morgan fingerprint density at radius 1 is 1.22 bits per heavy atom. The van der Waals surface area contributed by atoms with Crippen LogP contribution in [0.5, 0.6) is 0 Å². The molecule has 54 valence electrons. The van der Waals surface area contributed by atoms with E-state index in [4.69, 9.17) is 11.6 Å². The van der Waals surface area contributed by atoms with Crippen molar-refractivity contribution in [2.45, 2.75) is 27.7 Å². The lowest BCUT2D eigenvalue weighted by Gasteiger charge is -1.71. The maximum absolute atomic E-state index is 9.44. The van der Waals surface area contributed by atoms with Crippen LogP contribution >= 0.6 is 11.6 Å². The van der Waals surface area contributed by atoms with Gasteiger partial charge in [0, 0.05) is 5.54 Å². The molecule has 0 aliphatic rings. The SMILES string of the molecule is CC(C)=CCl.CC(C)=O. The molecule has 0 radical (unpaired) electrons. The number of ketones is 1. The highest BCUT2D eigenvalue weighted by Crippen LogP contribution is 1.88. The van der Waals surface area contributed by atoms with Gasteiger partial charge in [0.25, 0.3) is 0 Å². The van der Waals surface area contributed by atoms with Crippen molar-refractivity contribution < 1.29 is 4.79 Å². The van der Waals surface area contributed by atoms with Crippen molar-refractivity contribution in [3.05, 3.63) is 11.1 Å². The standard InChI is InChI=1S/C4H7Cl.C3H6O/c1-4(2)3-5;1-3(2)4/h3H,1-2H3;1-2H3. The van der Waals surface area contributed by atoms with Crippen LogP contribution in [0.15, 0.2) is 11.1 Å². The van der Waals surface area contributed by atoms with Gasteiger partial charge in [0.2, 0.25) is 0 Å². The lowest BCUT2D eigenvalue weighted by Crippen LogP contribution is -1.69. The van der Waals surface area contributed by atoms with Crippen LogP contribution in [0.25, 0.3) is 0 Å². The second-order valence-electron chi connectivity index (χ2n) is 2.09. The Kier molecular flexibility index (Phi) is 9.83. The van der Waals surface area contributed by atoms with Crippen molar-refractivity contribution in [3.63, 3.8) is 0 Å². The summed E-state index contributed by atoms with van der Waals surface area (Å²) in [5, 5.41) is 0. The van der Waals surface area contributed by atoms with E-state index in [1.165, 1.54) is 13.8 Å². The highest BCUT2D eigenvalue weighted by molar-refractivity contribution is 6.25. The largest absolute Gasteiger partial charge is 0.300 e. The molecule has 0 unspecified atom stereocenters. The Morgan fingerprint density at radius 2 is 1.33 bits per heavy atom. The van der Waals surface area contributed by atoms with Gasteiger partial charge in [-0.05, 0) is 27.7 Å². The molecule has 0 heterocycles. The second kappa shape index (κ2) is 7.70. The van der Waals surface area contributed by atoms with E-state index in [9.17, 15) is 4.79 Å². The van der Waals surface area contributed by atoms with E-state index in [0.717, 1.165) is 5.57 Å². The first-order valence-electron chi connectivity index (χ1n) is 2.71. The Balaban J connectivity index is 0. The lowest BCUT2D eigenvalue weighted by molar-refractivity contribution is -0.114. The van der Waals surface area contributed by atoms with Gasteiger partial charge in [-0.3, -0.25) is 0 Å². The van der Waals surface area contributed by atoms with Gasteiger partial charge in [-0.25, -0.2) is 0 Å². The van der Waals surface area contributed by atoms with Crippen molar-refractivity contribution >= 4 is 17.4 Å². The molecule has 2 heteroatoms. The highest BCUT2D eigenvalue weighted by atomic mass is 35.5. The average Bonchev–Trinajstić information content (AvgIpc) is 1.65. The molecule has 0 aromatic heterocycles. The van der Waals surface area contributed by atoms with Crippen molar-refractivity contribution in [2.75, 3.05) is 0 Å². The second-order valence-corrected chi connectivity index (χ2v) is 2.31. The molecule has 0 bridgehead atoms. The fourth-order valence-corrected chi connectivity index (χ4v) is 0. The summed E-state index contributed by atoms with van der Waals surface area (Å²) in [5.74, 6) is 0.167. The van der Waals surface area contributed by atoms with Gasteiger partial charge in [0.1, 0.15) is 5.78 Å². The molecule has 0 saturated carbocycles. The van der Waals surface area contributed by atoms with Gasteiger partial charge in [-0.1, -0.05) is 17.2 Å². The van der Waals surface area contributed by atoms with Crippen molar-refractivity contribution in [2.24, 2.45) is 0 Å². The fourth-order valence-electron chi connectivity index (χ4n) is 0. The molecular formula is C7H13ClO. The Labute approximate surface area is 61.7 Å². The number of carbonyl (C=O) groups is 1. The number of Topliss-reactive ketones (excluding diaryl/α,β-unsaturated/α-hetero) is 1. The maximum Gasteiger partial charge on any atom is 0.126 e. The number of carbonyl (C=O) groups excluding carboxylic acids is 1. The smallest absolute Gasteiger partial charge is 0.126 e. The van der Waals surface area contributed by atoms with Gasteiger partial charge in [0.15, 0.2) is 0 Å². The van der Waals surface area contributed by atoms with Crippen LogP contribution in [-0.4, -0.2) is 5.78 Å². The molecule has 0 atom stereocenters. The number of allylic oxidation sites excluding steroid dienone is 1. The topological polar surface area (TPSA) is 17.1 Å². The van der Waals surface area contributed by atoms with Gasteiger partial charge in [-0.2, -0.15) is 0 Å². The van der Waals surface area contributed by atoms with E-state index >= 15 is 0 Å². The van der Waals surface area contributed by atoms with E-state index in [0.29, 0.717) is 0 Å². The maximum atomic E-state index is 9.44. The van der Waals surface area contributed by atoms with Crippen molar-refractivity contribution in [3.8, 4) is 0 Å². The first kappa shape index (κ1) is 11.5. The highest BCUT2D eigenvalue weighted by Gasteiger charge is 1.63. The summed E-state index contributed by atoms with van der Waals surface area (Å²) in [6.07, 6.45) is 0. The summed E-state index contributed by atoms with van der Waals surface area (Å²) >= 11 is 5.17. The van der Waals surface area contributed by atoms with Gasteiger partial charge >= 0.3 is 0 Å². The van der Waals surface area contributed by atoms with E-state index in [1.807, 2.05) is 13.8 Å². The van der Waals surface area contributed by atoms with Crippen LogP contribution in [0.2, 0.25) is 0 Å². The summed E-state index contributed by atoms with van der Waals surface area (Å²) in [5.41, 5.74) is 2.70. The molecule has 0 saturated heterocycles. The van der Waals surface area contributed by atoms with E-state index in [-0.39, 0.29) is 5.78 Å². The predicted octanol–water partition coefficient (Wildman–Crippen LogP) is 2.74. The minimum Gasteiger partial charge on any atom is -0.300 e. The molecular weight excluding hydrogens is 136 g/mol. The van der Waals surface area contributed by atoms with Crippen LogP contribution in [0.4, 0.5) is 0 Å². The Bertz CT molecular complexity index is 97.5. The molecule has 0 fully saturated rings. The molecule has 0 aromatic rings. The number of rotatable bonds is 0. The Hall–Kier alpha value is -0.300. The quantitative estimate of drug-likeness (QED) is 0.516. The Morgan fingerprint density at radius 3 is 1.33 bits per heavy atom. The number of halogens is 1. The molecule has 0 rings (SSSR count). The predicted molar refractivity (Wildman–Crippen MR) is 41.6 cm³/mol. The first-order valence-corrected chi connectivity index (χ1v) is 3.15. The van der Waals surface area contributed by atoms with Crippen molar-refractivity contribution in [1.82, 2.24) is 0 Å². The molecule has 0 spiro atoms. The lowest BCUT2D eigenvalue weighted by atomic mass is 10.4. The van der Waals surface area contributed by atoms with Gasteiger partial charge in [0.05, 0.1) is 0 Å². The molecule has 0 amide bonds. The molecule has 0 aromatic carbocycles. The van der Waals surface area contributed by atoms with Crippen LogP contribution < -0.4 is 0 Å². The molecule has 9 heavy (non-hydrogen) atoms. The van der Waals surface area contributed by atoms with E-state index < -0.39 is 0 Å². The first-order chi connectivity index (χ1) is 4.00. The third-order valence-electron chi connectivity index (χ3n) is 0.218. The summed E-state index contributed by atoms with van der Waals surface area (Å²) in [6.45, 7) is 6.96. The summed E-state index contributed by atoms with van der Waals surface area (Å²) in [7, 11) is 0. The molecule has 0 aliphatic carbocycles. The van der Waals surface area contributed by atoms with Gasteiger partial charge < -0.3 is 4.79 Å². The molecule has 0 N–H and O–H groups in total. The number of hydrogen-bond donors (Lipinski definition) is 0. The zero-order valence-corrected chi connectivity index (χ0v) is 7.12. The monoisotopic (exact) mass is 148 g/mol. The van der Waals surface area contributed by atoms with Crippen LogP contribution in [0.3, 0.4) is 0 Å². The zero-order chi connectivity index (χ0) is 7.86. The van der Waals surface area contributed by atoms with Crippen molar-refractivity contribution in [1.29, 1.82) is 0 Å². The third kappa shape index (κ3) is 86.6. The summed E-state index contributed by atoms with van der Waals surface area (Å²) in [4.78, 5) is 9.44. The molecule has 0 aliphatic heterocycles. The van der Waals surface area contributed by atoms with Crippen LogP contribution in [-0.2, 0) is 4.79 Å². The third-order valence-corrected chi connectivity index (χ3v) is 0.655. The van der Waals surface area contributed by atoms with Crippen LogP contribution in [0, 0.1) is 0 Å². The zero-order valence-electron chi connectivity index (χ0n) is 6.36. The van der Waals surface area contributed by atoms with Crippen LogP contribution in [0.1, 0.15) is 27.7 Å². The summed E-state index contributed by atoms with van der Waals surface area (Å²) in [6, 6.07) is 0. The van der Waals surface area contributed by atoms with E-state index in [2.05, 4.69) is 0 Å². The van der Waals surface area contributed by atoms with Gasteiger partial charge in [-0.15, -0.1) is 0 Å². The molecule has 1 nitrogen and oxygen atoms in total. The summed E-state index contributed by atoms with van der Waals surface area (Å²) < 4.78 is 0. The van der Waals surface area contributed by atoms with E-state index in [1.54, 1.807) is 5.54 Å². The average molecular weight is 149 g/mol. The normalized spacial score (nSPS) is 6.78. The minimum atomic E-state index is 0.167. The minimum absolute atomic E-state index is 0.167.